The molecule has 0 aromatic rings. The summed E-state index contributed by atoms with van der Waals surface area (Å²) < 4.78 is 32.8. The van der Waals surface area contributed by atoms with Gasteiger partial charge in [-0.25, -0.2) is 8.78 Å². The van der Waals surface area contributed by atoms with Crippen molar-refractivity contribution in [3.05, 3.63) is 0 Å². The van der Waals surface area contributed by atoms with Crippen LogP contribution in [0.5, 0.6) is 0 Å². The number of rotatable bonds is 2. The summed E-state index contributed by atoms with van der Waals surface area (Å²) in [4.78, 5) is 12.0. The van der Waals surface area contributed by atoms with Gasteiger partial charge in [-0.3, -0.25) is 4.79 Å². The van der Waals surface area contributed by atoms with Gasteiger partial charge in [0.1, 0.15) is 18.4 Å². The van der Waals surface area contributed by atoms with E-state index in [9.17, 15) is 13.6 Å². The molecule has 2 aliphatic carbocycles. The van der Waals surface area contributed by atoms with Crippen LogP contribution in [0.15, 0.2) is 0 Å². The van der Waals surface area contributed by atoms with Gasteiger partial charge in [-0.05, 0) is 38.0 Å². The molecule has 0 bridgehead atoms. The monoisotopic (exact) mass is 285 g/mol. The normalized spacial score (nSPS) is 41.7. The standard InChI is InChI=1S/C15H21F2NO2/c1-9-2-5-12(14(17)6-9)15(19)20-11-4-3-10(8-18)13(16)7-11/h9-14H,2-7H2,1H3. The number of hydrogen-bond donors (Lipinski definition) is 0. The van der Waals surface area contributed by atoms with Crippen LogP contribution in [0.25, 0.3) is 0 Å². The predicted molar refractivity (Wildman–Crippen MR) is 69.1 cm³/mol. The third kappa shape index (κ3) is 3.47. The number of hydrogen-bond acceptors (Lipinski definition) is 3. The molecule has 112 valence electrons. The number of carbonyl (C=O) groups excluding carboxylic acids is 1. The molecule has 0 N–H and O–H groups in total. The molecule has 2 rings (SSSR count). The lowest BCUT2D eigenvalue weighted by atomic mass is 9.81. The van der Waals surface area contributed by atoms with E-state index in [0.717, 1.165) is 6.42 Å². The fourth-order valence-corrected chi connectivity index (χ4v) is 3.16. The molecule has 6 unspecified atom stereocenters. The Kier molecular flexibility index (Phi) is 4.95. The van der Waals surface area contributed by atoms with E-state index in [4.69, 9.17) is 10.00 Å². The van der Waals surface area contributed by atoms with Crippen molar-refractivity contribution >= 4 is 5.97 Å². The maximum atomic E-state index is 13.9. The summed E-state index contributed by atoms with van der Waals surface area (Å²) >= 11 is 0. The van der Waals surface area contributed by atoms with E-state index in [2.05, 4.69) is 0 Å². The van der Waals surface area contributed by atoms with Crippen LogP contribution in [-0.4, -0.2) is 24.4 Å². The number of nitriles is 1. The minimum absolute atomic E-state index is 0.0596. The second-order valence-corrected chi connectivity index (χ2v) is 6.16. The zero-order valence-corrected chi connectivity index (χ0v) is 11.7. The number of ether oxygens (including phenoxy) is 1. The van der Waals surface area contributed by atoms with Gasteiger partial charge in [0, 0.05) is 6.42 Å². The first-order chi connectivity index (χ1) is 9.51. The van der Waals surface area contributed by atoms with E-state index in [-0.39, 0.29) is 6.42 Å². The van der Waals surface area contributed by atoms with Crippen LogP contribution in [0.2, 0.25) is 0 Å². The van der Waals surface area contributed by atoms with Crippen molar-refractivity contribution in [2.24, 2.45) is 17.8 Å². The molecule has 6 atom stereocenters. The molecule has 2 fully saturated rings. The second kappa shape index (κ2) is 6.51. The maximum absolute atomic E-state index is 13.9. The van der Waals surface area contributed by atoms with Crippen molar-refractivity contribution in [3.63, 3.8) is 0 Å². The van der Waals surface area contributed by atoms with E-state index in [1.54, 1.807) is 0 Å². The lowest BCUT2D eigenvalue weighted by Crippen LogP contribution is -2.37. The van der Waals surface area contributed by atoms with Gasteiger partial charge in [-0.2, -0.15) is 5.26 Å². The molecule has 2 saturated carbocycles. The molecule has 0 saturated heterocycles. The highest BCUT2D eigenvalue weighted by molar-refractivity contribution is 5.73. The Hall–Kier alpha value is -1.18. The summed E-state index contributed by atoms with van der Waals surface area (Å²) in [6.07, 6.45) is -0.228. The zero-order valence-electron chi connectivity index (χ0n) is 11.7. The summed E-state index contributed by atoms with van der Waals surface area (Å²) in [5.41, 5.74) is 0. The van der Waals surface area contributed by atoms with Crippen LogP contribution in [0.1, 0.15) is 45.4 Å². The van der Waals surface area contributed by atoms with E-state index in [1.165, 1.54) is 0 Å². The Labute approximate surface area is 118 Å². The molecule has 3 nitrogen and oxygen atoms in total. The number of alkyl halides is 2. The van der Waals surface area contributed by atoms with Crippen molar-refractivity contribution in [2.45, 2.75) is 63.9 Å². The van der Waals surface area contributed by atoms with Crippen molar-refractivity contribution in [1.29, 1.82) is 5.26 Å². The number of esters is 1. The Bertz CT molecular complexity index is 396. The van der Waals surface area contributed by atoms with Gasteiger partial charge in [-0.1, -0.05) is 6.92 Å². The molecule has 0 aromatic carbocycles. The summed E-state index contributed by atoms with van der Waals surface area (Å²) in [5.74, 6) is -1.53. The minimum Gasteiger partial charge on any atom is -0.462 e. The van der Waals surface area contributed by atoms with Gasteiger partial charge in [0.25, 0.3) is 0 Å². The average molecular weight is 285 g/mol. The Morgan fingerprint density at radius 3 is 2.50 bits per heavy atom. The van der Waals surface area contributed by atoms with Crippen LogP contribution in [0, 0.1) is 29.1 Å². The maximum Gasteiger partial charge on any atom is 0.312 e. The van der Waals surface area contributed by atoms with Gasteiger partial charge in [-0.15, -0.1) is 0 Å². The highest BCUT2D eigenvalue weighted by Gasteiger charge is 2.38. The van der Waals surface area contributed by atoms with Gasteiger partial charge in [0.15, 0.2) is 0 Å². The lowest BCUT2D eigenvalue weighted by Gasteiger charge is -2.32. The number of nitrogens with zero attached hydrogens (tertiary/aromatic N) is 1. The molecule has 0 amide bonds. The van der Waals surface area contributed by atoms with Crippen LogP contribution >= 0.6 is 0 Å². The SMILES string of the molecule is CC1CCC(C(=O)OC2CCC(C#N)C(F)C2)C(F)C1. The summed E-state index contributed by atoms with van der Waals surface area (Å²) in [6.45, 7) is 1.98. The zero-order chi connectivity index (χ0) is 14.7. The molecular formula is C15H21F2NO2. The van der Waals surface area contributed by atoms with Crippen molar-refractivity contribution in [3.8, 4) is 6.07 Å². The minimum atomic E-state index is -1.25. The fourth-order valence-electron chi connectivity index (χ4n) is 3.16. The molecule has 0 radical (unpaired) electrons. The summed E-state index contributed by atoms with van der Waals surface area (Å²) in [6, 6.07) is 1.93. The molecule has 5 heteroatoms. The first kappa shape index (κ1) is 15.2. The van der Waals surface area contributed by atoms with E-state index in [0.29, 0.717) is 31.6 Å². The van der Waals surface area contributed by atoms with Crippen LogP contribution < -0.4 is 0 Å². The molecule has 0 aromatic heterocycles. The van der Waals surface area contributed by atoms with Crippen molar-refractivity contribution in [2.75, 3.05) is 0 Å². The van der Waals surface area contributed by atoms with Gasteiger partial charge in [0.05, 0.1) is 17.9 Å². The quantitative estimate of drug-likeness (QED) is 0.731. The van der Waals surface area contributed by atoms with Crippen molar-refractivity contribution in [1.82, 2.24) is 0 Å². The molecule has 20 heavy (non-hydrogen) atoms. The first-order valence-electron chi connectivity index (χ1n) is 7.39. The topological polar surface area (TPSA) is 50.1 Å². The molecule has 0 aliphatic heterocycles. The van der Waals surface area contributed by atoms with E-state index < -0.39 is 36.3 Å². The largest absolute Gasteiger partial charge is 0.462 e. The van der Waals surface area contributed by atoms with Gasteiger partial charge < -0.3 is 4.74 Å². The Balaban J connectivity index is 1.85. The van der Waals surface area contributed by atoms with E-state index >= 15 is 0 Å². The number of carbonyl (C=O) groups is 1. The first-order valence-corrected chi connectivity index (χ1v) is 7.39. The fraction of sp³-hybridized carbons (Fsp3) is 0.867. The molecule has 0 heterocycles. The highest BCUT2D eigenvalue weighted by atomic mass is 19.1. The van der Waals surface area contributed by atoms with E-state index in [1.807, 2.05) is 13.0 Å². The van der Waals surface area contributed by atoms with Crippen molar-refractivity contribution < 1.29 is 18.3 Å². The number of halogens is 2. The van der Waals surface area contributed by atoms with Crippen LogP contribution in [-0.2, 0) is 9.53 Å². The summed E-state index contributed by atoms with van der Waals surface area (Å²) in [5, 5.41) is 8.75. The Morgan fingerprint density at radius 1 is 1.15 bits per heavy atom. The molecule has 0 spiro atoms. The van der Waals surface area contributed by atoms with Gasteiger partial charge >= 0.3 is 5.97 Å². The second-order valence-electron chi connectivity index (χ2n) is 6.16. The average Bonchev–Trinajstić information content (AvgIpc) is 2.38. The summed E-state index contributed by atoms with van der Waals surface area (Å²) in [7, 11) is 0. The molecule has 2 aliphatic rings. The van der Waals surface area contributed by atoms with Crippen LogP contribution in [0.3, 0.4) is 0 Å². The van der Waals surface area contributed by atoms with Gasteiger partial charge in [0.2, 0.25) is 0 Å². The highest BCUT2D eigenvalue weighted by Crippen LogP contribution is 2.34. The lowest BCUT2D eigenvalue weighted by molar-refractivity contribution is -0.161. The third-order valence-corrected chi connectivity index (χ3v) is 4.51. The third-order valence-electron chi connectivity index (χ3n) is 4.51. The Morgan fingerprint density at radius 2 is 1.90 bits per heavy atom. The molecular weight excluding hydrogens is 264 g/mol. The van der Waals surface area contributed by atoms with Crippen LogP contribution in [0.4, 0.5) is 8.78 Å². The predicted octanol–water partition coefficient (Wildman–Crippen LogP) is 3.33. The smallest absolute Gasteiger partial charge is 0.312 e.